The van der Waals surface area contributed by atoms with Crippen molar-refractivity contribution in [2.24, 2.45) is 5.92 Å². The molecule has 2 unspecified atom stereocenters. The van der Waals surface area contributed by atoms with Gasteiger partial charge in [-0.2, -0.15) is 5.10 Å². The number of nitrogens with zero attached hydrogens (tertiary/aromatic N) is 3. The van der Waals surface area contributed by atoms with E-state index in [1.165, 1.54) is 0 Å². The van der Waals surface area contributed by atoms with Crippen LogP contribution < -0.4 is 19.5 Å². The summed E-state index contributed by atoms with van der Waals surface area (Å²) in [5, 5.41) is 7.23. The lowest BCUT2D eigenvalue weighted by atomic mass is 10.0. The van der Waals surface area contributed by atoms with Gasteiger partial charge in [0.15, 0.2) is 11.5 Å². The smallest absolute Gasteiger partial charge is 0.242 e. The number of rotatable bonds is 6. The number of carbonyl (C=O) groups excluding carboxylic acids is 1. The Hall–Kier alpha value is -2.81. The molecule has 4 rings (SSSR count). The highest BCUT2D eigenvalue weighted by Gasteiger charge is 2.29. The number of halogens is 1. The summed E-state index contributed by atoms with van der Waals surface area (Å²) in [6, 6.07) is 5.59. The lowest BCUT2D eigenvalue weighted by Crippen LogP contribution is -2.26. The molecule has 0 aliphatic carbocycles. The van der Waals surface area contributed by atoms with Crippen LogP contribution in [0.25, 0.3) is 16.8 Å². The van der Waals surface area contributed by atoms with Crippen molar-refractivity contribution >= 4 is 27.4 Å². The van der Waals surface area contributed by atoms with Crippen LogP contribution in [0.2, 0.25) is 0 Å². The molecule has 1 saturated heterocycles. The molecule has 3 heterocycles. The van der Waals surface area contributed by atoms with Gasteiger partial charge in [0.2, 0.25) is 11.8 Å². The molecule has 29 heavy (non-hydrogen) atoms. The summed E-state index contributed by atoms with van der Waals surface area (Å²) in [6.07, 6.45) is 3.80. The molecule has 9 heteroatoms. The van der Waals surface area contributed by atoms with E-state index >= 15 is 0 Å². The van der Waals surface area contributed by atoms with Crippen molar-refractivity contribution in [3.63, 3.8) is 0 Å². The fourth-order valence-corrected chi connectivity index (χ4v) is 3.84. The number of carbonyl (C=O) groups is 1. The Morgan fingerprint density at radius 2 is 2.07 bits per heavy atom. The Labute approximate surface area is 176 Å². The molecule has 8 nitrogen and oxygen atoms in total. The number of aromatic nitrogens is 3. The zero-order chi connectivity index (χ0) is 20.5. The summed E-state index contributed by atoms with van der Waals surface area (Å²) in [4.78, 5) is 16.3. The van der Waals surface area contributed by atoms with Gasteiger partial charge in [-0.1, -0.05) is 0 Å². The second kappa shape index (κ2) is 7.90. The minimum absolute atomic E-state index is 0.0492. The zero-order valence-corrected chi connectivity index (χ0v) is 17.9. The second-order valence-electron chi connectivity index (χ2n) is 6.88. The third-order valence-corrected chi connectivity index (χ3v) is 5.65. The predicted molar refractivity (Wildman–Crippen MR) is 110 cm³/mol. The quantitative estimate of drug-likeness (QED) is 0.607. The van der Waals surface area contributed by atoms with Crippen molar-refractivity contribution in [2.75, 3.05) is 20.8 Å². The van der Waals surface area contributed by atoms with Gasteiger partial charge in [-0.05, 0) is 41.1 Å². The lowest BCUT2D eigenvalue weighted by Gasteiger charge is -2.20. The number of fused-ring (bicyclic) bond motifs is 1. The summed E-state index contributed by atoms with van der Waals surface area (Å²) in [5.41, 5.74) is 2.25. The van der Waals surface area contributed by atoms with E-state index in [9.17, 15) is 4.79 Å². The number of amides is 1. The van der Waals surface area contributed by atoms with Crippen LogP contribution >= 0.6 is 15.9 Å². The molecular formula is C20H21BrN4O4. The Morgan fingerprint density at radius 1 is 1.28 bits per heavy atom. The van der Waals surface area contributed by atoms with Crippen LogP contribution in [0.4, 0.5) is 0 Å². The van der Waals surface area contributed by atoms with E-state index in [1.54, 1.807) is 24.9 Å². The normalized spacial score (nSPS) is 17.2. The maximum absolute atomic E-state index is 11.6. The van der Waals surface area contributed by atoms with E-state index in [4.69, 9.17) is 19.2 Å². The molecule has 0 saturated carbocycles. The average molecular weight is 461 g/mol. The number of methoxy groups -OCH3 is 2. The SMILES string of the molecule is COc1ccc(-c2cn3ncc(Br)c3c(OC(C)C3CNC(=O)C3)n2)cc1OC. The minimum atomic E-state index is -0.187. The van der Waals surface area contributed by atoms with Crippen LogP contribution in [0.3, 0.4) is 0 Å². The van der Waals surface area contributed by atoms with Crippen molar-refractivity contribution in [1.29, 1.82) is 0 Å². The Morgan fingerprint density at radius 3 is 2.76 bits per heavy atom. The zero-order valence-electron chi connectivity index (χ0n) is 16.3. The Balaban J connectivity index is 1.74. The van der Waals surface area contributed by atoms with E-state index in [-0.39, 0.29) is 17.9 Å². The first-order valence-corrected chi connectivity index (χ1v) is 9.99. The molecule has 1 aliphatic rings. The topological polar surface area (TPSA) is 87.0 Å². The Bertz CT molecular complexity index is 1070. The summed E-state index contributed by atoms with van der Waals surface area (Å²) < 4.78 is 19.4. The van der Waals surface area contributed by atoms with Crippen LogP contribution in [0, 0.1) is 5.92 Å². The van der Waals surface area contributed by atoms with Crippen molar-refractivity contribution in [2.45, 2.75) is 19.4 Å². The Kier molecular flexibility index (Phi) is 5.31. The monoisotopic (exact) mass is 460 g/mol. The first-order valence-electron chi connectivity index (χ1n) is 9.19. The predicted octanol–water partition coefficient (Wildman–Crippen LogP) is 3.08. The summed E-state index contributed by atoms with van der Waals surface area (Å²) in [6.45, 7) is 2.56. The summed E-state index contributed by atoms with van der Waals surface area (Å²) in [5.74, 6) is 1.85. The molecule has 2 atom stereocenters. The van der Waals surface area contributed by atoms with E-state index in [2.05, 4.69) is 26.3 Å². The number of hydrogen-bond acceptors (Lipinski definition) is 6. The molecule has 2 aromatic heterocycles. The largest absolute Gasteiger partial charge is 0.493 e. The fourth-order valence-electron chi connectivity index (χ4n) is 3.39. The van der Waals surface area contributed by atoms with E-state index in [0.717, 1.165) is 15.6 Å². The maximum Gasteiger partial charge on any atom is 0.242 e. The first kappa shape index (κ1) is 19.5. The van der Waals surface area contributed by atoms with Crippen LogP contribution in [0.1, 0.15) is 13.3 Å². The molecule has 152 valence electrons. The summed E-state index contributed by atoms with van der Waals surface area (Å²) in [7, 11) is 3.19. The highest BCUT2D eigenvalue weighted by atomic mass is 79.9. The van der Waals surface area contributed by atoms with Gasteiger partial charge in [0.25, 0.3) is 0 Å². The third kappa shape index (κ3) is 3.74. The van der Waals surface area contributed by atoms with Gasteiger partial charge < -0.3 is 19.5 Å². The fraction of sp³-hybridized carbons (Fsp3) is 0.350. The number of nitrogens with one attached hydrogen (secondary N) is 1. The van der Waals surface area contributed by atoms with Crippen LogP contribution in [-0.4, -0.2) is 47.4 Å². The van der Waals surface area contributed by atoms with Gasteiger partial charge in [0.1, 0.15) is 11.6 Å². The molecule has 1 fully saturated rings. The van der Waals surface area contributed by atoms with Gasteiger partial charge >= 0.3 is 0 Å². The van der Waals surface area contributed by atoms with E-state index in [1.807, 2.05) is 31.3 Å². The number of benzene rings is 1. The maximum atomic E-state index is 11.6. The lowest BCUT2D eigenvalue weighted by molar-refractivity contribution is -0.119. The minimum Gasteiger partial charge on any atom is -0.493 e. The first-order chi connectivity index (χ1) is 14.0. The van der Waals surface area contributed by atoms with Crippen molar-refractivity contribution in [3.05, 3.63) is 35.1 Å². The summed E-state index contributed by atoms with van der Waals surface area (Å²) >= 11 is 3.52. The van der Waals surface area contributed by atoms with Crippen LogP contribution in [-0.2, 0) is 4.79 Å². The molecule has 1 N–H and O–H groups in total. The number of hydrogen-bond donors (Lipinski definition) is 1. The van der Waals surface area contributed by atoms with E-state index < -0.39 is 0 Å². The van der Waals surface area contributed by atoms with Crippen LogP contribution in [0.5, 0.6) is 17.4 Å². The molecule has 3 aromatic rings. The molecular weight excluding hydrogens is 440 g/mol. The van der Waals surface area contributed by atoms with Gasteiger partial charge in [-0.15, -0.1) is 0 Å². The average Bonchev–Trinajstić information content (AvgIpc) is 3.33. The number of ether oxygens (including phenoxy) is 3. The van der Waals surface area contributed by atoms with Crippen molar-refractivity contribution < 1.29 is 19.0 Å². The second-order valence-corrected chi connectivity index (χ2v) is 7.73. The van der Waals surface area contributed by atoms with Gasteiger partial charge in [0, 0.05) is 24.4 Å². The van der Waals surface area contributed by atoms with E-state index in [0.29, 0.717) is 36.0 Å². The van der Waals surface area contributed by atoms with Gasteiger partial charge in [-0.3, -0.25) is 4.79 Å². The van der Waals surface area contributed by atoms with Gasteiger partial charge in [-0.25, -0.2) is 9.50 Å². The highest BCUT2D eigenvalue weighted by Crippen LogP contribution is 2.35. The van der Waals surface area contributed by atoms with Gasteiger partial charge in [0.05, 0.1) is 36.8 Å². The van der Waals surface area contributed by atoms with Crippen molar-refractivity contribution in [3.8, 4) is 28.6 Å². The molecule has 0 spiro atoms. The molecule has 1 amide bonds. The van der Waals surface area contributed by atoms with Crippen molar-refractivity contribution in [1.82, 2.24) is 19.9 Å². The third-order valence-electron chi connectivity index (χ3n) is 5.07. The molecule has 0 radical (unpaired) electrons. The molecule has 0 bridgehead atoms. The molecule has 1 aliphatic heterocycles. The van der Waals surface area contributed by atoms with Crippen LogP contribution in [0.15, 0.2) is 35.1 Å². The molecule has 1 aromatic carbocycles. The standard InChI is InChI=1S/C20H21BrN4O4/c1-11(13-7-18(26)22-8-13)29-20-19-14(21)9-23-25(19)10-15(24-20)12-4-5-16(27-2)17(6-12)28-3/h4-6,9-11,13H,7-8H2,1-3H3,(H,22,26). The highest BCUT2D eigenvalue weighted by molar-refractivity contribution is 9.10.